The Kier molecular flexibility index (Phi) is 6.91. The zero-order chi connectivity index (χ0) is 7.82. The van der Waals surface area contributed by atoms with Crippen molar-refractivity contribution in [2.75, 3.05) is 19.8 Å². The Balaban J connectivity index is 2.77. The summed E-state index contributed by atoms with van der Waals surface area (Å²) in [5.74, 6) is 0. The van der Waals surface area contributed by atoms with E-state index in [0.717, 1.165) is 12.8 Å². The van der Waals surface area contributed by atoms with Gasteiger partial charge in [-0.2, -0.15) is 0 Å². The standard InChI is InChI=1S/C7H17NO2/c1-7(8)6-10-5-3-2-4-9/h7,9H,2-6,8H2,1H3. The molecule has 1 unspecified atom stereocenters. The van der Waals surface area contributed by atoms with E-state index in [1.807, 2.05) is 6.92 Å². The number of rotatable bonds is 6. The zero-order valence-corrected chi connectivity index (χ0v) is 6.55. The first-order valence-corrected chi connectivity index (χ1v) is 3.71. The maximum absolute atomic E-state index is 8.39. The van der Waals surface area contributed by atoms with Crippen LogP contribution < -0.4 is 5.73 Å². The predicted molar refractivity (Wildman–Crippen MR) is 40.8 cm³/mol. The van der Waals surface area contributed by atoms with Gasteiger partial charge in [0, 0.05) is 19.3 Å². The van der Waals surface area contributed by atoms with E-state index in [1.54, 1.807) is 0 Å². The summed E-state index contributed by atoms with van der Waals surface area (Å²) in [6.07, 6.45) is 1.74. The third-order valence-electron chi connectivity index (χ3n) is 1.08. The van der Waals surface area contributed by atoms with Gasteiger partial charge < -0.3 is 15.6 Å². The van der Waals surface area contributed by atoms with Gasteiger partial charge in [0.25, 0.3) is 0 Å². The third kappa shape index (κ3) is 7.88. The largest absolute Gasteiger partial charge is 0.396 e. The molecule has 10 heavy (non-hydrogen) atoms. The van der Waals surface area contributed by atoms with Crippen LogP contribution in [0.15, 0.2) is 0 Å². The Morgan fingerprint density at radius 1 is 1.50 bits per heavy atom. The molecule has 0 amide bonds. The van der Waals surface area contributed by atoms with Crippen molar-refractivity contribution in [2.45, 2.75) is 25.8 Å². The van der Waals surface area contributed by atoms with Crippen LogP contribution in [0.5, 0.6) is 0 Å². The van der Waals surface area contributed by atoms with Crippen LogP contribution in [0.2, 0.25) is 0 Å². The van der Waals surface area contributed by atoms with Crippen LogP contribution in [0.4, 0.5) is 0 Å². The van der Waals surface area contributed by atoms with Crippen molar-refractivity contribution in [2.24, 2.45) is 5.73 Å². The Hall–Kier alpha value is -0.120. The molecule has 0 bridgehead atoms. The molecule has 3 nitrogen and oxygen atoms in total. The number of aliphatic hydroxyl groups excluding tert-OH is 1. The molecule has 0 saturated carbocycles. The summed E-state index contributed by atoms with van der Waals surface area (Å²) in [5, 5.41) is 8.39. The number of nitrogens with two attached hydrogens (primary N) is 1. The number of hydrogen-bond donors (Lipinski definition) is 2. The lowest BCUT2D eigenvalue weighted by atomic mass is 10.3. The van der Waals surface area contributed by atoms with Crippen LogP contribution >= 0.6 is 0 Å². The second-order valence-corrected chi connectivity index (χ2v) is 2.48. The van der Waals surface area contributed by atoms with Crippen molar-refractivity contribution in [1.29, 1.82) is 0 Å². The smallest absolute Gasteiger partial charge is 0.0614 e. The molecule has 0 spiro atoms. The fourth-order valence-corrected chi connectivity index (χ4v) is 0.585. The molecule has 0 rings (SSSR count). The molecule has 0 aromatic carbocycles. The topological polar surface area (TPSA) is 55.5 Å². The average Bonchev–Trinajstić information content (AvgIpc) is 1.87. The van der Waals surface area contributed by atoms with Gasteiger partial charge in [-0.05, 0) is 19.8 Å². The minimum Gasteiger partial charge on any atom is -0.396 e. The Morgan fingerprint density at radius 2 is 2.20 bits per heavy atom. The highest BCUT2D eigenvalue weighted by Crippen LogP contribution is 1.88. The predicted octanol–water partition coefficient (Wildman–Crippen LogP) is 0.123. The lowest BCUT2D eigenvalue weighted by molar-refractivity contribution is 0.116. The van der Waals surface area contributed by atoms with Crippen molar-refractivity contribution in [3.05, 3.63) is 0 Å². The van der Waals surface area contributed by atoms with Gasteiger partial charge in [0.2, 0.25) is 0 Å². The molecule has 62 valence electrons. The van der Waals surface area contributed by atoms with Crippen molar-refractivity contribution in [1.82, 2.24) is 0 Å². The second kappa shape index (κ2) is 6.99. The van der Waals surface area contributed by atoms with Crippen molar-refractivity contribution in [3.8, 4) is 0 Å². The molecule has 0 aliphatic heterocycles. The first-order valence-electron chi connectivity index (χ1n) is 3.71. The zero-order valence-electron chi connectivity index (χ0n) is 6.55. The second-order valence-electron chi connectivity index (χ2n) is 2.48. The third-order valence-corrected chi connectivity index (χ3v) is 1.08. The van der Waals surface area contributed by atoms with E-state index in [1.165, 1.54) is 0 Å². The Labute approximate surface area is 62.2 Å². The molecular weight excluding hydrogens is 130 g/mol. The maximum Gasteiger partial charge on any atom is 0.0614 e. The van der Waals surface area contributed by atoms with Crippen LogP contribution in [0.3, 0.4) is 0 Å². The normalized spacial score (nSPS) is 13.5. The van der Waals surface area contributed by atoms with Crippen LogP contribution in [-0.2, 0) is 4.74 Å². The average molecular weight is 147 g/mol. The van der Waals surface area contributed by atoms with Crippen LogP contribution in [0.1, 0.15) is 19.8 Å². The van der Waals surface area contributed by atoms with E-state index in [-0.39, 0.29) is 12.6 Å². The molecule has 0 aliphatic rings. The summed E-state index contributed by atoms with van der Waals surface area (Å²) in [5.41, 5.74) is 5.43. The quantitative estimate of drug-likeness (QED) is 0.525. The Morgan fingerprint density at radius 3 is 2.70 bits per heavy atom. The first-order chi connectivity index (χ1) is 4.77. The van der Waals surface area contributed by atoms with E-state index in [9.17, 15) is 0 Å². The molecular formula is C7H17NO2. The highest BCUT2D eigenvalue weighted by Gasteiger charge is 1.92. The van der Waals surface area contributed by atoms with Gasteiger partial charge in [-0.25, -0.2) is 0 Å². The highest BCUT2D eigenvalue weighted by molar-refractivity contribution is 4.48. The molecule has 0 aromatic rings. The van der Waals surface area contributed by atoms with Gasteiger partial charge in [0.05, 0.1) is 6.61 Å². The summed E-state index contributed by atoms with van der Waals surface area (Å²) < 4.78 is 5.16. The van der Waals surface area contributed by atoms with Crippen molar-refractivity contribution >= 4 is 0 Å². The van der Waals surface area contributed by atoms with Gasteiger partial charge in [-0.1, -0.05) is 0 Å². The van der Waals surface area contributed by atoms with E-state index in [2.05, 4.69) is 0 Å². The van der Waals surface area contributed by atoms with E-state index in [4.69, 9.17) is 15.6 Å². The molecule has 0 aromatic heterocycles. The minimum atomic E-state index is 0.120. The van der Waals surface area contributed by atoms with Crippen molar-refractivity contribution in [3.63, 3.8) is 0 Å². The van der Waals surface area contributed by atoms with E-state index < -0.39 is 0 Å². The maximum atomic E-state index is 8.39. The summed E-state index contributed by atoms with van der Waals surface area (Å²) in [6.45, 7) is 3.49. The summed E-state index contributed by atoms with van der Waals surface area (Å²) in [4.78, 5) is 0. The number of unbranched alkanes of at least 4 members (excludes halogenated alkanes) is 1. The summed E-state index contributed by atoms with van der Waals surface area (Å²) in [6, 6.07) is 0.120. The van der Waals surface area contributed by atoms with Crippen LogP contribution in [-0.4, -0.2) is 31.0 Å². The van der Waals surface area contributed by atoms with Gasteiger partial charge in [-0.15, -0.1) is 0 Å². The fraction of sp³-hybridized carbons (Fsp3) is 1.00. The van der Waals surface area contributed by atoms with E-state index >= 15 is 0 Å². The summed E-state index contributed by atoms with van der Waals surface area (Å²) in [7, 11) is 0. The summed E-state index contributed by atoms with van der Waals surface area (Å²) >= 11 is 0. The Bertz CT molecular complexity index is 66.6. The number of hydrogen-bond acceptors (Lipinski definition) is 3. The van der Waals surface area contributed by atoms with E-state index in [0.29, 0.717) is 13.2 Å². The SMILES string of the molecule is CC(N)COCCCCO. The molecule has 0 aliphatic carbocycles. The van der Waals surface area contributed by atoms with Crippen molar-refractivity contribution < 1.29 is 9.84 Å². The highest BCUT2D eigenvalue weighted by atomic mass is 16.5. The molecule has 3 heteroatoms. The lowest BCUT2D eigenvalue weighted by Gasteiger charge is -2.05. The van der Waals surface area contributed by atoms with Gasteiger partial charge in [-0.3, -0.25) is 0 Å². The molecule has 0 radical (unpaired) electrons. The lowest BCUT2D eigenvalue weighted by Crippen LogP contribution is -2.22. The molecule has 3 N–H and O–H groups in total. The minimum absolute atomic E-state index is 0.120. The van der Waals surface area contributed by atoms with Gasteiger partial charge in [0.15, 0.2) is 0 Å². The molecule has 0 fully saturated rings. The first kappa shape index (κ1) is 9.88. The fourth-order valence-electron chi connectivity index (χ4n) is 0.585. The van der Waals surface area contributed by atoms with Crippen LogP contribution in [0, 0.1) is 0 Å². The van der Waals surface area contributed by atoms with Gasteiger partial charge >= 0.3 is 0 Å². The molecule has 0 heterocycles. The number of aliphatic hydroxyl groups is 1. The molecule has 0 saturated heterocycles. The number of ether oxygens (including phenoxy) is 1. The monoisotopic (exact) mass is 147 g/mol. The van der Waals surface area contributed by atoms with Gasteiger partial charge in [0.1, 0.15) is 0 Å². The van der Waals surface area contributed by atoms with Crippen LogP contribution in [0.25, 0.3) is 0 Å². The molecule has 1 atom stereocenters.